The quantitative estimate of drug-likeness (QED) is 0.740. The molecule has 116 valence electrons. The molecule has 0 aliphatic carbocycles. The van der Waals surface area contributed by atoms with Crippen LogP contribution in [0.3, 0.4) is 0 Å². The van der Waals surface area contributed by atoms with Crippen LogP contribution in [0.5, 0.6) is 0 Å². The molecule has 0 aliphatic heterocycles. The Hall–Kier alpha value is -2.88. The van der Waals surface area contributed by atoms with Crippen LogP contribution in [0.15, 0.2) is 53.3 Å². The largest absolute Gasteiger partial charge is 0.399 e. The lowest BCUT2D eigenvalue weighted by Gasteiger charge is -2.11. The smallest absolute Gasteiger partial charge is 0.260 e. The maximum absolute atomic E-state index is 12.7. The monoisotopic (exact) mass is 306 g/mol. The molecule has 0 unspecified atom stereocenters. The molecule has 3 rings (SSSR count). The molecule has 23 heavy (non-hydrogen) atoms. The zero-order valence-corrected chi connectivity index (χ0v) is 13.2. The van der Waals surface area contributed by atoms with Gasteiger partial charge in [0.2, 0.25) is 5.91 Å². The lowest BCUT2D eigenvalue weighted by molar-refractivity contribution is 0.0915. The number of anilines is 1. The van der Waals surface area contributed by atoms with Crippen LogP contribution in [-0.2, 0) is 6.42 Å². The van der Waals surface area contributed by atoms with E-state index in [0.29, 0.717) is 16.8 Å². The van der Waals surface area contributed by atoms with E-state index in [2.05, 4.69) is 0 Å². The average Bonchev–Trinajstić information content (AvgIpc) is 2.51. The molecule has 4 nitrogen and oxygen atoms in total. The van der Waals surface area contributed by atoms with E-state index in [1.807, 2.05) is 37.3 Å². The average molecular weight is 306 g/mol. The van der Waals surface area contributed by atoms with Crippen LogP contribution in [-0.4, -0.2) is 10.5 Å². The van der Waals surface area contributed by atoms with Crippen LogP contribution >= 0.6 is 0 Å². The van der Waals surface area contributed by atoms with Gasteiger partial charge < -0.3 is 5.73 Å². The Morgan fingerprint density at radius 1 is 1.04 bits per heavy atom. The summed E-state index contributed by atoms with van der Waals surface area (Å²) in [6, 6.07) is 14.8. The standard InChI is InChI=1S/C19H18N2O2/c1-12-3-5-14(6-4-12)10-18(22)21-17-11-16(20)8-7-15(17)9-13(2)19(21)23/h3-9,11H,10,20H2,1-2H3. The number of aryl methyl sites for hydroxylation is 2. The molecular formula is C19H18N2O2. The Morgan fingerprint density at radius 2 is 1.74 bits per heavy atom. The summed E-state index contributed by atoms with van der Waals surface area (Å²) in [7, 11) is 0. The summed E-state index contributed by atoms with van der Waals surface area (Å²) >= 11 is 0. The normalized spacial score (nSPS) is 10.9. The summed E-state index contributed by atoms with van der Waals surface area (Å²) in [4.78, 5) is 25.2. The fraction of sp³-hybridized carbons (Fsp3) is 0.158. The maximum Gasteiger partial charge on any atom is 0.260 e. The number of hydrogen-bond donors (Lipinski definition) is 1. The Balaban J connectivity index is 2.12. The minimum atomic E-state index is -0.291. The second kappa shape index (κ2) is 5.72. The van der Waals surface area contributed by atoms with Gasteiger partial charge >= 0.3 is 0 Å². The second-order valence-electron chi connectivity index (χ2n) is 5.84. The first-order chi connectivity index (χ1) is 11.0. The lowest BCUT2D eigenvalue weighted by atomic mass is 10.1. The molecule has 0 bridgehead atoms. The van der Waals surface area contributed by atoms with Gasteiger partial charge in [0.1, 0.15) is 0 Å². The molecule has 0 fully saturated rings. The van der Waals surface area contributed by atoms with E-state index in [4.69, 9.17) is 5.73 Å². The van der Waals surface area contributed by atoms with Gasteiger partial charge in [0.15, 0.2) is 0 Å². The van der Waals surface area contributed by atoms with E-state index in [1.54, 1.807) is 25.1 Å². The molecule has 0 saturated carbocycles. The Bertz CT molecular complexity index is 954. The minimum Gasteiger partial charge on any atom is -0.399 e. The SMILES string of the molecule is Cc1ccc(CC(=O)n2c(=O)c(C)cc3ccc(N)cc32)cc1. The highest BCUT2D eigenvalue weighted by atomic mass is 16.2. The third-order valence-electron chi connectivity index (χ3n) is 3.93. The number of nitrogens with two attached hydrogens (primary N) is 1. The van der Waals surface area contributed by atoms with Gasteiger partial charge in [0, 0.05) is 11.3 Å². The van der Waals surface area contributed by atoms with Crippen LogP contribution in [0.2, 0.25) is 0 Å². The number of pyridine rings is 1. The molecule has 3 aromatic rings. The first-order valence-corrected chi connectivity index (χ1v) is 7.46. The highest BCUT2D eigenvalue weighted by Gasteiger charge is 2.14. The van der Waals surface area contributed by atoms with Crippen molar-refractivity contribution in [2.45, 2.75) is 20.3 Å². The van der Waals surface area contributed by atoms with Crippen LogP contribution in [0.25, 0.3) is 10.9 Å². The number of nitrogens with zero attached hydrogens (tertiary/aromatic N) is 1. The van der Waals surface area contributed by atoms with Crippen molar-refractivity contribution in [2.75, 3.05) is 5.73 Å². The summed E-state index contributed by atoms with van der Waals surface area (Å²) in [6.45, 7) is 3.71. The third kappa shape index (κ3) is 2.88. The number of benzene rings is 2. The van der Waals surface area contributed by atoms with Crippen molar-refractivity contribution in [2.24, 2.45) is 0 Å². The first-order valence-electron chi connectivity index (χ1n) is 7.46. The minimum absolute atomic E-state index is 0.174. The molecule has 0 atom stereocenters. The number of carbonyl (C=O) groups excluding carboxylic acids is 1. The number of hydrogen-bond acceptors (Lipinski definition) is 3. The molecule has 1 aromatic heterocycles. The van der Waals surface area contributed by atoms with E-state index in [0.717, 1.165) is 16.5 Å². The number of fused-ring (bicyclic) bond motifs is 1. The molecule has 1 heterocycles. The molecule has 0 radical (unpaired) electrons. The molecule has 2 aromatic carbocycles. The van der Waals surface area contributed by atoms with Gasteiger partial charge in [-0.15, -0.1) is 0 Å². The van der Waals surface area contributed by atoms with Crippen LogP contribution < -0.4 is 11.3 Å². The number of carbonyl (C=O) groups is 1. The molecular weight excluding hydrogens is 288 g/mol. The molecule has 2 N–H and O–H groups in total. The van der Waals surface area contributed by atoms with Crippen molar-refractivity contribution >= 4 is 22.5 Å². The van der Waals surface area contributed by atoms with Crippen molar-refractivity contribution < 1.29 is 4.79 Å². The first kappa shape index (κ1) is 15.0. The molecule has 4 heteroatoms. The Morgan fingerprint density at radius 3 is 2.43 bits per heavy atom. The van der Waals surface area contributed by atoms with Crippen molar-refractivity contribution in [3.8, 4) is 0 Å². The van der Waals surface area contributed by atoms with Gasteiger partial charge in [-0.3, -0.25) is 9.59 Å². The molecule has 0 amide bonds. The highest BCUT2D eigenvalue weighted by Crippen LogP contribution is 2.18. The van der Waals surface area contributed by atoms with Gasteiger partial charge in [-0.25, -0.2) is 4.57 Å². The topological polar surface area (TPSA) is 65.1 Å². The van der Waals surface area contributed by atoms with E-state index < -0.39 is 0 Å². The summed E-state index contributed by atoms with van der Waals surface area (Å²) in [5, 5.41) is 0.827. The summed E-state index contributed by atoms with van der Waals surface area (Å²) in [5.74, 6) is -0.252. The van der Waals surface area contributed by atoms with Gasteiger partial charge in [0.25, 0.3) is 5.56 Å². The predicted molar refractivity (Wildman–Crippen MR) is 92.9 cm³/mol. The fourth-order valence-corrected chi connectivity index (χ4v) is 2.66. The number of nitrogen functional groups attached to an aromatic ring is 1. The third-order valence-corrected chi connectivity index (χ3v) is 3.93. The maximum atomic E-state index is 12.7. The highest BCUT2D eigenvalue weighted by molar-refractivity contribution is 5.93. The van der Waals surface area contributed by atoms with Crippen molar-refractivity contribution in [3.63, 3.8) is 0 Å². The summed E-state index contributed by atoms with van der Waals surface area (Å²) in [5.41, 5.74) is 9.16. The van der Waals surface area contributed by atoms with E-state index in [9.17, 15) is 9.59 Å². The van der Waals surface area contributed by atoms with Gasteiger partial charge in [0.05, 0.1) is 11.9 Å². The van der Waals surface area contributed by atoms with Crippen LogP contribution in [0.1, 0.15) is 21.5 Å². The molecule has 0 saturated heterocycles. The van der Waals surface area contributed by atoms with Gasteiger partial charge in [-0.1, -0.05) is 35.9 Å². The van der Waals surface area contributed by atoms with Crippen LogP contribution in [0, 0.1) is 13.8 Å². The van der Waals surface area contributed by atoms with Gasteiger partial charge in [-0.05, 0) is 43.0 Å². The molecule has 0 aliphatic rings. The van der Waals surface area contributed by atoms with Crippen molar-refractivity contribution in [1.29, 1.82) is 0 Å². The number of aromatic nitrogens is 1. The van der Waals surface area contributed by atoms with Crippen LogP contribution in [0.4, 0.5) is 5.69 Å². The lowest BCUT2D eigenvalue weighted by Crippen LogP contribution is -2.29. The van der Waals surface area contributed by atoms with E-state index in [-0.39, 0.29) is 17.9 Å². The van der Waals surface area contributed by atoms with Crippen molar-refractivity contribution in [1.82, 2.24) is 4.57 Å². The summed E-state index contributed by atoms with van der Waals surface area (Å²) in [6.07, 6.45) is 0.174. The summed E-state index contributed by atoms with van der Waals surface area (Å²) < 4.78 is 1.24. The fourth-order valence-electron chi connectivity index (χ4n) is 2.66. The zero-order chi connectivity index (χ0) is 16.6. The number of rotatable bonds is 2. The van der Waals surface area contributed by atoms with Gasteiger partial charge in [-0.2, -0.15) is 0 Å². The zero-order valence-electron chi connectivity index (χ0n) is 13.2. The Labute approximate surface area is 134 Å². The second-order valence-corrected chi connectivity index (χ2v) is 5.84. The van der Waals surface area contributed by atoms with E-state index in [1.165, 1.54) is 4.57 Å². The Kier molecular flexibility index (Phi) is 3.74. The van der Waals surface area contributed by atoms with E-state index >= 15 is 0 Å². The van der Waals surface area contributed by atoms with Crippen molar-refractivity contribution in [3.05, 3.63) is 75.6 Å². The predicted octanol–water partition coefficient (Wildman–Crippen LogP) is 3.08. The molecule has 0 spiro atoms.